The van der Waals surface area contributed by atoms with Crippen molar-refractivity contribution in [3.05, 3.63) is 46.6 Å². The number of piperazine rings is 1. The topological polar surface area (TPSA) is 60.5 Å². The first-order valence-electron chi connectivity index (χ1n) is 9.38. The predicted molar refractivity (Wildman–Crippen MR) is 111 cm³/mol. The number of nitrogens with one attached hydrogen (secondary N) is 2. The highest BCUT2D eigenvalue weighted by Gasteiger charge is 2.25. The number of benzene rings is 1. The van der Waals surface area contributed by atoms with Crippen molar-refractivity contribution in [2.45, 2.75) is 20.4 Å². The fourth-order valence-electron chi connectivity index (χ4n) is 3.27. The van der Waals surface area contributed by atoms with Gasteiger partial charge in [0, 0.05) is 43.3 Å². The predicted octanol–water partition coefficient (Wildman–Crippen LogP) is 3.50. The number of nitrogens with zero attached hydrogens (tertiary/aromatic N) is 3. The number of carbonyl (C=O) groups is 1. The van der Waals surface area contributed by atoms with E-state index in [0.29, 0.717) is 22.9 Å². The number of aromatic nitrogens is 1. The van der Waals surface area contributed by atoms with Crippen LogP contribution in [0.25, 0.3) is 0 Å². The Labute approximate surface area is 165 Å². The molecule has 1 aromatic heterocycles. The van der Waals surface area contributed by atoms with Crippen LogP contribution in [0.15, 0.2) is 30.5 Å². The number of pyridine rings is 1. The molecule has 1 fully saturated rings. The van der Waals surface area contributed by atoms with Crippen LogP contribution in [0.2, 0.25) is 5.02 Å². The SMILES string of the molecule is CC.CN1CCN(c2ccc(Nc3ccc(Cl)c4c3C(=O)NC4)nc2)CC1. The van der Waals surface area contributed by atoms with Crippen molar-refractivity contribution in [2.75, 3.05) is 43.4 Å². The van der Waals surface area contributed by atoms with E-state index in [9.17, 15) is 4.79 Å². The number of anilines is 3. The molecule has 144 valence electrons. The quantitative estimate of drug-likeness (QED) is 0.844. The van der Waals surface area contributed by atoms with Crippen LogP contribution in [-0.4, -0.2) is 49.0 Å². The van der Waals surface area contributed by atoms with Crippen LogP contribution in [0.1, 0.15) is 29.8 Å². The highest BCUT2D eigenvalue weighted by Crippen LogP contribution is 2.32. The second kappa shape index (κ2) is 8.59. The van der Waals surface area contributed by atoms with E-state index >= 15 is 0 Å². The molecular formula is C20H26ClN5O. The molecule has 6 nitrogen and oxygen atoms in total. The smallest absolute Gasteiger partial charge is 0.254 e. The van der Waals surface area contributed by atoms with Crippen LogP contribution in [0.3, 0.4) is 0 Å². The lowest BCUT2D eigenvalue weighted by Crippen LogP contribution is -2.44. The third-order valence-corrected chi connectivity index (χ3v) is 5.14. The first kappa shape index (κ1) is 19.5. The summed E-state index contributed by atoms with van der Waals surface area (Å²) >= 11 is 6.18. The van der Waals surface area contributed by atoms with Crippen molar-refractivity contribution in [3.8, 4) is 0 Å². The minimum Gasteiger partial charge on any atom is -0.368 e. The Balaban J connectivity index is 0.00000102. The Hall–Kier alpha value is -2.31. The van der Waals surface area contributed by atoms with Gasteiger partial charge in [0.25, 0.3) is 5.91 Å². The molecule has 0 saturated carbocycles. The van der Waals surface area contributed by atoms with Crippen molar-refractivity contribution in [1.29, 1.82) is 0 Å². The van der Waals surface area contributed by atoms with E-state index in [2.05, 4.69) is 38.5 Å². The van der Waals surface area contributed by atoms with Gasteiger partial charge in [-0.2, -0.15) is 0 Å². The fraction of sp³-hybridized carbons (Fsp3) is 0.400. The van der Waals surface area contributed by atoms with Crippen molar-refractivity contribution in [1.82, 2.24) is 15.2 Å². The van der Waals surface area contributed by atoms with Gasteiger partial charge in [0.05, 0.1) is 23.1 Å². The van der Waals surface area contributed by atoms with E-state index in [1.807, 2.05) is 38.2 Å². The minimum atomic E-state index is -0.103. The van der Waals surface area contributed by atoms with E-state index in [1.54, 1.807) is 0 Å². The second-order valence-electron chi connectivity index (χ2n) is 6.45. The number of fused-ring (bicyclic) bond motifs is 1. The average Bonchev–Trinajstić information content (AvgIpc) is 3.10. The molecule has 4 rings (SSSR count). The van der Waals surface area contributed by atoms with Crippen LogP contribution in [0, 0.1) is 0 Å². The molecule has 27 heavy (non-hydrogen) atoms. The molecule has 2 aromatic rings. The Morgan fingerprint density at radius 2 is 1.85 bits per heavy atom. The summed E-state index contributed by atoms with van der Waals surface area (Å²) in [6.45, 7) is 8.61. The highest BCUT2D eigenvalue weighted by atomic mass is 35.5. The summed E-state index contributed by atoms with van der Waals surface area (Å²) in [5, 5.41) is 6.66. The van der Waals surface area contributed by atoms with Gasteiger partial charge in [-0.25, -0.2) is 4.98 Å². The Kier molecular flexibility index (Phi) is 6.19. The summed E-state index contributed by atoms with van der Waals surface area (Å²) in [4.78, 5) is 21.2. The Morgan fingerprint density at radius 1 is 1.11 bits per heavy atom. The zero-order chi connectivity index (χ0) is 19.4. The van der Waals surface area contributed by atoms with Crippen molar-refractivity contribution >= 4 is 34.7 Å². The monoisotopic (exact) mass is 387 g/mol. The molecule has 0 unspecified atom stereocenters. The molecule has 0 bridgehead atoms. The lowest BCUT2D eigenvalue weighted by atomic mass is 10.1. The van der Waals surface area contributed by atoms with Crippen LogP contribution < -0.4 is 15.5 Å². The first-order valence-corrected chi connectivity index (χ1v) is 9.76. The van der Waals surface area contributed by atoms with Crippen molar-refractivity contribution in [2.24, 2.45) is 0 Å². The van der Waals surface area contributed by atoms with Gasteiger partial charge in [-0.15, -0.1) is 0 Å². The van der Waals surface area contributed by atoms with Crippen LogP contribution in [-0.2, 0) is 6.54 Å². The molecule has 3 heterocycles. The molecule has 2 aliphatic rings. The van der Waals surface area contributed by atoms with Gasteiger partial charge in [0.2, 0.25) is 0 Å². The first-order chi connectivity index (χ1) is 13.1. The van der Waals surface area contributed by atoms with Gasteiger partial charge < -0.3 is 20.4 Å². The maximum Gasteiger partial charge on any atom is 0.254 e. The largest absolute Gasteiger partial charge is 0.368 e. The Bertz CT molecular complexity index is 801. The number of halogens is 1. The molecule has 2 N–H and O–H groups in total. The van der Waals surface area contributed by atoms with E-state index in [0.717, 1.165) is 43.1 Å². The van der Waals surface area contributed by atoms with Crippen LogP contribution >= 0.6 is 11.6 Å². The molecule has 0 spiro atoms. The van der Waals surface area contributed by atoms with Gasteiger partial charge in [-0.3, -0.25) is 4.79 Å². The summed E-state index contributed by atoms with van der Waals surface area (Å²) in [6, 6.07) is 7.64. The summed E-state index contributed by atoms with van der Waals surface area (Å²) in [7, 11) is 2.14. The summed E-state index contributed by atoms with van der Waals surface area (Å²) in [5.74, 6) is 0.608. The lowest BCUT2D eigenvalue weighted by Gasteiger charge is -2.33. The van der Waals surface area contributed by atoms with Crippen molar-refractivity contribution in [3.63, 3.8) is 0 Å². The minimum absolute atomic E-state index is 0.103. The number of amides is 1. The number of carbonyl (C=O) groups excluding carboxylic acids is 1. The fourth-order valence-corrected chi connectivity index (χ4v) is 3.49. The Morgan fingerprint density at radius 3 is 2.52 bits per heavy atom. The van der Waals surface area contributed by atoms with Gasteiger partial charge in [-0.1, -0.05) is 25.4 Å². The lowest BCUT2D eigenvalue weighted by molar-refractivity contribution is 0.0966. The normalized spacial score (nSPS) is 16.3. The molecule has 0 radical (unpaired) electrons. The second-order valence-corrected chi connectivity index (χ2v) is 6.86. The molecule has 0 aliphatic carbocycles. The molecule has 0 atom stereocenters. The number of hydrogen-bond acceptors (Lipinski definition) is 5. The summed E-state index contributed by atoms with van der Waals surface area (Å²) in [5.41, 5.74) is 3.30. The molecule has 7 heteroatoms. The molecule has 1 amide bonds. The van der Waals surface area contributed by atoms with Gasteiger partial charge >= 0.3 is 0 Å². The number of rotatable bonds is 3. The standard InChI is InChI=1S/C18H20ClN5O.C2H6/c1-23-6-8-24(9-7-23)12-2-5-16(20-10-12)22-15-4-3-14(19)13-11-21-18(25)17(13)15;1-2/h2-5,10H,6-9,11H2,1H3,(H,20,22)(H,21,25);1-2H3. The molecule has 1 aromatic carbocycles. The average molecular weight is 388 g/mol. The maximum absolute atomic E-state index is 12.1. The van der Waals surface area contributed by atoms with Crippen LogP contribution in [0.4, 0.5) is 17.2 Å². The van der Waals surface area contributed by atoms with Gasteiger partial charge in [0.15, 0.2) is 0 Å². The van der Waals surface area contributed by atoms with Crippen molar-refractivity contribution < 1.29 is 4.79 Å². The highest BCUT2D eigenvalue weighted by molar-refractivity contribution is 6.32. The van der Waals surface area contributed by atoms with E-state index in [-0.39, 0.29) is 5.91 Å². The van der Waals surface area contributed by atoms with E-state index in [1.165, 1.54) is 0 Å². The van der Waals surface area contributed by atoms with E-state index < -0.39 is 0 Å². The molecule has 1 saturated heterocycles. The summed E-state index contributed by atoms with van der Waals surface area (Å²) in [6.07, 6.45) is 1.88. The number of likely N-dealkylation sites (N-methyl/N-ethyl adjacent to an activating group) is 1. The van der Waals surface area contributed by atoms with E-state index in [4.69, 9.17) is 11.6 Å². The third kappa shape index (κ3) is 4.17. The van der Waals surface area contributed by atoms with Gasteiger partial charge in [-0.05, 0) is 31.3 Å². The molecular weight excluding hydrogens is 362 g/mol. The molecule has 2 aliphatic heterocycles. The van der Waals surface area contributed by atoms with Gasteiger partial charge in [0.1, 0.15) is 5.82 Å². The maximum atomic E-state index is 12.1. The number of hydrogen-bond donors (Lipinski definition) is 2. The zero-order valence-electron chi connectivity index (χ0n) is 16.1. The zero-order valence-corrected chi connectivity index (χ0v) is 16.8. The van der Waals surface area contributed by atoms with Crippen LogP contribution in [0.5, 0.6) is 0 Å². The third-order valence-electron chi connectivity index (χ3n) is 4.79. The summed E-state index contributed by atoms with van der Waals surface area (Å²) < 4.78 is 0.